The Kier molecular flexibility index (Phi) is 2.80. The molecule has 2 aromatic heterocycles. The number of fused-ring (bicyclic) bond motifs is 1. The maximum atomic E-state index is 10.7. The molecule has 0 aliphatic rings. The van der Waals surface area contributed by atoms with Gasteiger partial charge in [-0.05, 0) is 18.9 Å². The summed E-state index contributed by atoms with van der Waals surface area (Å²) in [5, 5.41) is 7.27. The molecule has 0 atom stereocenters. The van der Waals surface area contributed by atoms with Crippen molar-refractivity contribution in [2.24, 2.45) is 0 Å². The molecular formula is C10H13N5O. The number of anilines is 1. The molecule has 0 saturated heterocycles. The fourth-order valence-electron chi connectivity index (χ4n) is 1.35. The number of aryl methyl sites for hydroxylation is 1. The van der Waals surface area contributed by atoms with Crippen molar-refractivity contribution in [2.75, 3.05) is 11.9 Å². The minimum atomic E-state index is 0.405. The van der Waals surface area contributed by atoms with Gasteiger partial charge in [-0.15, -0.1) is 5.10 Å². The van der Waals surface area contributed by atoms with Gasteiger partial charge in [0, 0.05) is 12.7 Å². The Bertz CT molecular complexity index is 519. The Morgan fingerprint density at radius 3 is 3.00 bits per heavy atom. The van der Waals surface area contributed by atoms with E-state index in [1.54, 1.807) is 10.7 Å². The smallest absolute Gasteiger partial charge is 0.254 e. The molecule has 0 aliphatic heterocycles. The van der Waals surface area contributed by atoms with E-state index in [0.29, 0.717) is 17.4 Å². The zero-order valence-corrected chi connectivity index (χ0v) is 9.27. The molecule has 0 radical (unpaired) electrons. The lowest BCUT2D eigenvalue weighted by Gasteiger charge is -1.96. The van der Waals surface area contributed by atoms with Crippen molar-refractivity contribution in [3.63, 3.8) is 0 Å². The maximum Gasteiger partial charge on any atom is 0.254 e. The highest BCUT2D eigenvalue weighted by Gasteiger charge is 2.07. The number of nitrogens with one attached hydrogen (secondary N) is 1. The predicted octanol–water partition coefficient (Wildman–Crippen LogP) is 1.07. The summed E-state index contributed by atoms with van der Waals surface area (Å²) < 4.78 is 1.57. The van der Waals surface area contributed by atoms with E-state index >= 15 is 0 Å². The summed E-state index contributed by atoms with van der Waals surface area (Å²) in [4.78, 5) is 19.0. The number of hydrogen-bond acceptors (Lipinski definition) is 5. The lowest BCUT2D eigenvalue weighted by molar-refractivity contribution is 0.111. The topological polar surface area (TPSA) is 72.2 Å². The molecule has 2 heterocycles. The first kappa shape index (κ1) is 10.5. The molecule has 0 aromatic carbocycles. The summed E-state index contributed by atoms with van der Waals surface area (Å²) in [6, 6.07) is 0. The minimum Gasteiger partial charge on any atom is -0.353 e. The number of hydrogen-bond donors (Lipinski definition) is 1. The maximum absolute atomic E-state index is 10.7. The van der Waals surface area contributed by atoms with Crippen LogP contribution in [0.4, 0.5) is 5.95 Å². The number of rotatable bonds is 4. The van der Waals surface area contributed by atoms with E-state index in [1.165, 1.54) is 0 Å². The van der Waals surface area contributed by atoms with Crippen molar-refractivity contribution in [3.05, 3.63) is 17.5 Å². The van der Waals surface area contributed by atoms with Gasteiger partial charge in [-0.1, -0.05) is 6.92 Å². The summed E-state index contributed by atoms with van der Waals surface area (Å²) in [5.41, 5.74) is 1.19. The number of carbonyl (C=O) groups is 1. The van der Waals surface area contributed by atoms with Crippen molar-refractivity contribution in [1.29, 1.82) is 0 Å². The van der Waals surface area contributed by atoms with Gasteiger partial charge in [-0.2, -0.15) is 4.98 Å². The average Bonchev–Trinajstić information content (AvgIpc) is 2.66. The van der Waals surface area contributed by atoms with Gasteiger partial charge < -0.3 is 5.32 Å². The lowest BCUT2D eigenvalue weighted by Crippen LogP contribution is -2.01. The minimum absolute atomic E-state index is 0.405. The van der Waals surface area contributed by atoms with E-state index in [9.17, 15) is 4.79 Å². The highest BCUT2D eigenvalue weighted by atomic mass is 16.1. The fraction of sp³-hybridized carbons (Fsp3) is 0.400. The second-order valence-electron chi connectivity index (χ2n) is 3.53. The summed E-state index contributed by atoms with van der Waals surface area (Å²) in [6.45, 7) is 4.70. The highest BCUT2D eigenvalue weighted by Crippen LogP contribution is 2.07. The molecule has 0 fully saturated rings. The van der Waals surface area contributed by atoms with Gasteiger partial charge in [0.05, 0.1) is 0 Å². The Hall–Kier alpha value is -1.98. The molecule has 0 saturated carbocycles. The monoisotopic (exact) mass is 219 g/mol. The van der Waals surface area contributed by atoms with Gasteiger partial charge in [0.15, 0.2) is 6.29 Å². The SMILES string of the molecule is CCCNc1nc2nc(C=O)c(C)cn2n1. The molecule has 6 nitrogen and oxygen atoms in total. The van der Waals surface area contributed by atoms with Crippen molar-refractivity contribution in [3.8, 4) is 0 Å². The Morgan fingerprint density at radius 1 is 1.50 bits per heavy atom. The van der Waals surface area contributed by atoms with Gasteiger partial charge in [0.1, 0.15) is 5.69 Å². The molecule has 0 spiro atoms. The van der Waals surface area contributed by atoms with E-state index in [1.807, 2.05) is 6.92 Å². The van der Waals surface area contributed by atoms with Crippen LogP contribution in [0.5, 0.6) is 0 Å². The van der Waals surface area contributed by atoms with Crippen LogP contribution >= 0.6 is 0 Å². The fourth-order valence-corrected chi connectivity index (χ4v) is 1.35. The summed E-state index contributed by atoms with van der Waals surface area (Å²) in [6.07, 6.45) is 3.47. The van der Waals surface area contributed by atoms with Crippen molar-refractivity contribution >= 4 is 18.0 Å². The van der Waals surface area contributed by atoms with E-state index in [-0.39, 0.29) is 0 Å². The lowest BCUT2D eigenvalue weighted by atomic mass is 10.3. The van der Waals surface area contributed by atoms with E-state index in [0.717, 1.165) is 24.8 Å². The standard InChI is InChI=1S/C10H13N5O/c1-3-4-11-9-13-10-12-8(6-16)7(2)5-15(10)14-9/h5-6H,3-4H2,1-2H3,(H,11,14). The third-order valence-electron chi connectivity index (χ3n) is 2.20. The predicted molar refractivity (Wildman–Crippen MR) is 59.7 cm³/mol. The van der Waals surface area contributed by atoms with Crippen LogP contribution in [0.2, 0.25) is 0 Å². The quantitative estimate of drug-likeness (QED) is 0.778. The first-order valence-corrected chi connectivity index (χ1v) is 5.17. The first-order chi connectivity index (χ1) is 7.74. The van der Waals surface area contributed by atoms with E-state index in [2.05, 4.69) is 27.3 Å². The molecule has 0 bridgehead atoms. The normalized spacial score (nSPS) is 10.6. The summed E-state index contributed by atoms with van der Waals surface area (Å²) >= 11 is 0. The second-order valence-corrected chi connectivity index (χ2v) is 3.53. The van der Waals surface area contributed by atoms with Crippen molar-refractivity contribution in [2.45, 2.75) is 20.3 Å². The molecule has 2 rings (SSSR count). The summed E-state index contributed by atoms with van der Waals surface area (Å²) in [5.74, 6) is 0.975. The molecule has 0 unspecified atom stereocenters. The molecule has 2 aromatic rings. The van der Waals surface area contributed by atoms with Crippen LogP contribution in [-0.4, -0.2) is 32.4 Å². The number of nitrogens with zero attached hydrogens (tertiary/aromatic N) is 4. The molecule has 0 aliphatic carbocycles. The van der Waals surface area contributed by atoms with Crippen LogP contribution in [0.3, 0.4) is 0 Å². The summed E-state index contributed by atoms with van der Waals surface area (Å²) in [7, 11) is 0. The Labute approximate surface area is 92.7 Å². The van der Waals surface area contributed by atoms with Crippen LogP contribution in [0, 0.1) is 6.92 Å². The molecule has 1 N–H and O–H groups in total. The van der Waals surface area contributed by atoms with Crippen molar-refractivity contribution in [1.82, 2.24) is 19.6 Å². The average molecular weight is 219 g/mol. The second kappa shape index (κ2) is 4.26. The zero-order chi connectivity index (χ0) is 11.5. The zero-order valence-electron chi connectivity index (χ0n) is 9.27. The Balaban J connectivity index is 2.41. The molecule has 84 valence electrons. The first-order valence-electron chi connectivity index (χ1n) is 5.17. The van der Waals surface area contributed by atoms with E-state index < -0.39 is 0 Å². The molecule has 16 heavy (non-hydrogen) atoms. The van der Waals surface area contributed by atoms with Gasteiger partial charge >= 0.3 is 0 Å². The van der Waals surface area contributed by atoms with Gasteiger partial charge in [0.25, 0.3) is 5.78 Å². The third-order valence-corrected chi connectivity index (χ3v) is 2.20. The van der Waals surface area contributed by atoms with Gasteiger partial charge in [0.2, 0.25) is 5.95 Å². The molecular weight excluding hydrogens is 206 g/mol. The number of aldehydes is 1. The van der Waals surface area contributed by atoms with Crippen molar-refractivity contribution < 1.29 is 4.79 Å². The number of aromatic nitrogens is 4. The third kappa shape index (κ3) is 1.86. The van der Waals surface area contributed by atoms with Crippen LogP contribution in [0.15, 0.2) is 6.20 Å². The van der Waals surface area contributed by atoms with Crippen LogP contribution < -0.4 is 5.32 Å². The van der Waals surface area contributed by atoms with Gasteiger partial charge in [-0.25, -0.2) is 9.50 Å². The van der Waals surface area contributed by atoms with Gasteiger partial charge in [-0.3, -0.25) is 4.79 Å². The highest BCUT2D eigenvalue weighted by molar-refractivity contribution is 5.74. The largest absolute Gasteiger partial charge is 0.353 e. The van der Waals surface area contributed by atoms with E-state index in [4.69, 9.17) is 0 Å². The van der Waals surface area contributed by atoms with Crippen LogP contribution in [0.1, 0.15) is 29.4 Å². The molecule has 0 amide bonds. The molecule has 6 heteroatoms. The Morgan fingerprint density at radius 2 is 2.31 bits per heavy atom. The number of carbonyl (C=O) groups excluding carboxylic acids is 1. The van der Waals surface area contributed by atoms with Crippen LogP contribution in [-0.2, 0) is 0 Å². The van der Waals surface area contributed by atoms with Crippen LogP contribution in [0.25, 0.3) is 5.78 Å².